The molecule has 1 N–H and O–H groups in total. The van der Waals surface area contributed by atoms with Crippen LogP contribution >= 0.6 is 0 Å². The lowest BCUT2D eigenvalue weighted by Gasteiger charge is -2.12. The lowest BCUT2D eigenvalue weighted by atomic mass is 10.2. The van der Waals surface area contributed by atoms with Crippen LogP contribution in [0, 0.1) is 0 Å². The van der Waals surface area contributed by atoms with Crippen LogP contribution in [0.2, 0.25) is 0 Å². The molecule has 5 heteroatoms. The van der Waals surface area contributed by atoms with Crippen molar-refractivity contribution < 1.29 is 4.79 Å². The van der Waals surface area contributed by atoms with Crippen molar-refractivity contribution in [1.82, 2.24) is 14.3 Å². The van der Waals surface area contributed by atoms with Crippen molar-refractivity contribution in [1.29, 1.82) is 0 Å². The molecule has 1 aromatic carbocycles. The summed E-state index contributed by atoms with van der Waals surface area (Å²) in [6, 6.07) is 11.2. The molecule has 3 rings (SSSR count). The molecule has 0 bridgehead atoms. The quantitative estimate of drug-likeness (QED) is 0.734. The van der Waals surface area contributed by atoms with Crippen molar-refractivity contribution in [2.45, 2.75) is 26.3 Å². The number of nitrogens with zero attached hydrogens (tertiary/aromatic N) is 2. The number of benzene rings is 1. The zero-order valence-corrected chi connectivity index (χ0v) is 12.6. The van der Waals surface area contributed by atoms with Crippen LogP contribution in [0.1, 0.15) is 19.8 Å². The third-order valence-electron chi connectivity index (χ3n) is 3.80. The first-order chi connectivity index (χ1) is 10.7. The molecule has 0 atom stereocenters. The highest BCUT2D eigenvalue weighted by Gasteiger charge is 2.12. The van der Waals surface area contributed by atoms with Crippen molar-refractivity contribution in [3.63, 3.8) is 0 Å². The number of carbonyl (C=O) groups is 1. The minimum absolute atomic E-state index is 0.0464. The molecule has 3 aromatic rings. The van der Waals surface area contributed by atoms with E-state index in [1.165, 1.54) is 0 Å². The van der Waals surface area contributed by atoms with E-state index in [2.05, 4.69) is 12.2 Å². The summed E-state index contributed by atoms with van der Waals surface area (Å²) in [5.74, 6) is -0.128. The molecule has 0 saturated heterocycles. The van der Waals surface area contributed by atoms with Gasteiger partial charge in [-0.1, -0.05) is 25.5 Å². The van der Waals surface area contributed by atoms with Gasteiger partial charge in [-0.05, 0) is 30.7 Å². The van der Waals surface area contributed by atoms with Gasteiger partial charge in [0.15, 0.2) is 0 Å². The van der Waals surface area contributed by atoms with Gasteiger partial charge in [0.1, 0.15) is 12.1 Å². The van der Waals surface area contributed by atoms with Crippen molar-refractivity contribution in [2.75, 3.05) is 6.54 Å². The Balaban J connectivity index is 2.05. The minimum Gasteiger partial charge on any atom is -0.355 e. The van der Waals surface area contributed by atoms with Gasteiger partial charge in [0.2, 0.25) is 5.91 Å². The van der Waals surface area contributed by atoms with Crippen molar-refractivity contribution in [3.05, 3.63) is 52.9 Å². The summed E-state index contributed by atoms with van der Waals surface area (Å²) in [6.07, 6.45) is 3.84. The second kappa shape index (κ2) is 6.05. The van der Waals surface area contributed by atoms with Gasteiger partial charge in [-0.3, -0.25) is 14.2 Å². The first kappa shape index (κ1) is 14.4. The van der Waals surface area contributed by atoms with E-state index in [1.807, 2.05) is 40.9 Å². The normalized spacial score (nSPS) is 11.1. The summed E-state index contributed by atoms with van der Waals surface area (Å²) in [7, 11) is 0. The van der Waals surface area contributed by atoms with Crippen molar-refractivity contribution in [3.8, 4) is 0 Å². The summed E-state index contributed by atoms with van der Waals surface area (Å²) in [5.41, 5.74) is 2.12. The van der Waals surface area contributed by atoms with E-state index in [9.17, 15) is 9.59 Å². The van der Waals surface area contributed by atoms with E-state index in [4.69, 9.17) is 0 Å². The zero-order chi connectivity index (χ0) is 15.5. The number of fused-ring (bicyclic) bond motifs is 3. The van der Waals surface area contributed by atoms with Crippen molar-refractivity contribution >= 4 is 22.5 Å². The van der Waals surface area contributed by atoms with E-state index >= 15 is 0 Å². The van der Waals surface area contributed by atoms with Crippen LogP contribution < -0.4 is 10.9 Å². The van der Waals surface area contributed by atoms with Crippen LogP contribution in [0.15, 0.2) is 47.4 Å². The number of para-hydroxylation sites is 2. The average molecular weight is 297 g/mol. The number of unbranched alkanes of at least 4 members (excludes halogenated alkanes) is 1. The standard InChI is InChI=1S/C17H19N3O2/c1-2-3-10-18-16(21)12-20-14-8-5-4-7-13(14)19-11-6-9-15(19)17(20)22/h4-9,11H,2-3,10,12H2,1H3,(H,18,21). The van der Waals surface area contributed by atoms with E-state index in [0.29, 0.717) is 12.1 Å². The van der Waals surface area contributed by atoms with Crippen LogP contribution in [0.5, 0.6) is 0 Å². The molecule has 22 heavy (non-hydrogen) atoms. The van der Waals surface area contributed by atoms with Crippen LogP contribution in [-0.4, -0.2) is 21.4 Å². The molecule has 0 aliphatic heterocycles. The fraction of sp³-hybridized carbons (Fsp3) is 0.294. The maximum atomic E-state index is 12.6. The molecule has 0 aliphatic carbocycles. The first-order valence-electron chi connectivity index (χ1n) is 7.57. The highest BCUT2D eigenvalue weighted by molar-refractivity contribution is 5.82. The fourth-order valence-electron chi connectivity index (χ4n) is 2.67. The second-order valence-electron chi connectivity index (χ2n) is 5.35. The molecule has 0 spiro atoms. The molecule has 0 fully saturated rings. The summed E-state index contributed by atoms with van der Waals surface area (Å²) >= 11 is 0. The molecular formula is C17H19N3O2. The van der Waals surface area contributed by atoms with Crippen LogP contribution in [0.4, 0.5) is 0 Å². The molecular weight excluding hydrogens is 278 g/mol. The molecule has 0 unspecified atom stereocenters. The van der Waals surface area contributed by atoms with Gasteiger partial charge in [-0.15, -0.1) is 0 Å². The van der Waals surface area contributed by atoms with Gasteiger partial charge >= 0.3 is 0 Å². The van der Waals surface area contributed by atoms with Crippen LogP contribution in [0.25, 0.3) is 16.6 Å². The lowest BCUT2D eigenvalue weighted by Crippen LogP contribution is -2.33. The van der Waals surface area contributed by atoms with Gasteiger partial charge in [-0.2, -0.15) is 0 Å². The largest absolute Gasteiger partial charge is 0.355 e. The number of rotatable bonds is 5. The van der Waals surface area contributed by atoms with Gasteiger partial charge in [0, 0.05) is 12.7 Å². The fourth-order valence-corrected chi connectivity index (χ4v) is 2.67. The Hall–Kier alpha value is -2.56. The molecule has 1 amide bonds. The molecule has 114 valence electrons. The smallest absolute Gasteiger partial charge is 0.275 e. The Morgan fingerprint density at radius 1 is 1.09 bits per heavy atom. The Bertz CT molecular complexity index is 876. The number of nitrogens with one attached hydrogen (secondary N) is 1. The topological polar surface area (TPSA) is 55.5 Å². The van der Waals surface area contributed by atoms with Crippen LogP contribution in [-0.2, 0) is 11.3 Å². The molecule has 0 radical (unpaired) electrons. The Labute approximate surface area is 128 Å². The number of hydrogen-bond acceptors (Lipinski definition) is 2. The third kappa shape index (κ3) is 2.50. The first-order valence-corrected chi connectivity index (χ1v) is 7.57. The molecule has 0 aliphatic rings. The third-order valence-corrected chi connectivity index (χ3v) is 3.80. The number of hydrogen-bond donors (Lipinski definition) is 1. The molecule has 2 aromatic heterocycles. The SMILES string of the molecule is CCCCNC(=O)Cn1c(=O)c2cccn2c2ccccc21. The summed E-state index contributed by atoms with van der Waals surface area (Å²) in [6.45, 7) is 2.77. The minimum atomic E-state index is -0.144. The summed E-state index contributed by atoms with van der Waals surface area (Å²) < 4.78 is 3.41. The average Bonchev–Trinajstić information content (AvgIpc) is 3.02. The van der Waals surface area contributed by atoms with Gasteiger partial charge in [-0.25, -0.2) is 0 Å². The zero-order valence-electron chi connectivity index (χ0n) is 12.6. The van der Waals surface area contributed by atoms with E-state index in [1.54, 1.807) is 10.6 Å². The second-order valence-corrected chi connectivity index (χ2v) is 5.35. The van der Waals surface area contributed by atoms with Crippen molar-refractivity contribution in [2.24, 2.45) is 0 Å². The van der Waals surface area contributed by atoms with E-state index in [-0.39, 0.29) is 18.0 Å². The van der Waals surface area contributed by atoms with E-state index < -0.39 is 0 Å². The Kier molecular flexibility index (Phi) is 3.96. The number of amides is 1. The number of aromatic nitrogens is 2. The Morgan fingerprint density at radius 3 is 2.59 bits per heavy atom. The highest BCUT2D eigenvalue weighted by Crippen LogP contribution is 2.14. The highest BCUT2D eigenvalue weighted by atomic mass is 16.2. The summed E-state index contributed by atoms with van der Waals surface area (Å²) in [4.78, 5) is 24.7. The molecule has 2 heterocycles. The maximum Gasteiger partial charge on any atom is 0.275 e. The van der Waals surface area contributed by atoms with Crippen LogP contribution in [0.3, 0.4) is 0 Å². The monoisotopic (exact) mass is 297 g/mol. The Morgan fingerprint density at radius 2 is 1.82 bits per heavy atom. The maximum absolute atomic E-state index is 12.6. The molecule has 0 saturated carbocycles. The van der Waals surface area contributed by atoms with E-state index in [0.717, 1.165) is 23.9 Å². The van der Waals surface area contributed by atoms with Gasteiger partial charge in [0.05, 0.1) is 11.0 Å². The van der Waals surface area contributed by atoms with Gasteiger partial charge < -0.3 is 9.72 Å². The summed E-state index contributed by atoms with van der Waals surface area (Å²) in [5, 5.41) is 2.86. The number of carbonyl (C=O) groups excluding carboxylic acids is 1. The lowest BCUT2D eigenvalue weighted by molar-refractivity contribution is -0.121. The molecule has 5 nitrogen and oxygen atoms in total. The predicted molar refractivity (Wildman–Crippen MR) is 87.1 cm³/mol. The predicted octanol–water partition coefficient (Wildman–Crippen LogP) is 2.17. The van der Waals surface area contributed by atoms with Gasteiger partial charge in [0.25, 0.3) is 5.56 Å².